The van der Waals surface area contributed by atoms with Crippen molar-refractivity contribution in [3.8, 4) is 0 Å². The summed E-state index contributed by atoms with van der Waals surface area (Å²) < 4.78 is 0. The minimum Gasteiger partial charge on any atom is -0.530 e. The van der Waals surface area contributed by atoms with Crippen LogP contribution in [0.3, 0.4) is 0 Å². The van der Waals surface area contributed by atoms with E-state index in [1.54, 1.807) is 0 Å². The Balaban J connectivity index is 0.000001000. The zero-order valence-corrected chi connectivity index (χ0v) is 12.1. The Morgan fingerprint density at radius 3 is 2.27 bits per heavy atom. The Bertz CT molecular complexity index is 132. The van der Waals surface area contributed by atoms with Crippen LogP contribution in [-0.4, -0.2) is 24.1 Å². The monoisotopic (exact) mass is 227 g/mol. The summed E-state index contributed by atoms with van der Waals surface area (Å²) in [5.41, 5.74) is 0. The summed E-state index contributed by atoms with van der Waals surface area (Å²) in [5, 5.41) is 10.3. The van der Waals surface area contributed by atoms with Gasteiger partial charge in [0.2, 0.25) is 0 Å². The number of carbonyl (C=O) groups is 1. The number of piperidine rings is 1. The summed E-state index contributed by atoms with van der Waals surface area (Å²) in [5.74, 6) is 0.676. The molecule has 0 aromatic rings. The van der Waals surface area contributed by atoms with Gasteiger partial charge < -0.3 is 14.8 Å². The molecule has 1 fully saturated rings. The minimum atomic E-state index is -1.02. The summed E-state index contributed by atoms with van der Waals surface area (Å²) in [6, 6.07) is 0. The number of rotatable bonds is 0. The molecule has 0 bridgehead atoms. The van der Waals surface area contributed by atoms with Crippen molar-refractivity contribution in [2.45, 2.75) is 19.8 Å². The predicted molar refractivity (Wildman–Crippen MR) is 35.4 cm³/mol. The van der Waals surface area contributed by atoms with Crippen LogP contribution < -0.4 is 63.3 Å². The van der Waals surface area contributed by atoms with Gasteiger partial charge in [-0.3, -0.25) is 0 Å². The fraction of sp³-hybridized carbons (Fsp3) is 0.857. The van der Waals surface area contributed by atoms with Gasteiger partial charge in [0.25, 0.3) is 0 Å². The standard InChI is InChI=1S/C7H13NO2.Rb/c1-6-2-4-8(5-3-6)7(9)10;/h6H,2-5H2,1H3,(H,9,10);/q;+1/p-1. The van der Waals surface area contributed by atoms with Crippen LogP contribution in [-0.2, 0) is 0 Å². The van der Waals surface area contributed by atoms with Gasteiger partial charge in [-0.15, -0.1) is 0 Å². The number of hydrogen-bond acceptors (Lipinski definition) is 2. The molecule has 1 saturated heterocycles. The summed E-state index contributed by atoms with van der Waals surface area (Å²) in [6.45, 7) is 3.46. The topological polar surface area (TPSA) is 43.4 Å². The Morgan fingerprint density at radius 1 is 1.45 bits per heavy atom. The Morgan fingerprint density at radius 2 is 1.91 bits per heavy atom. The van der Waals surface area contributed by atoms with Crippen molar-refractivity contribution in [1.82, 2.24) is 4.90 Å². The van der Waals surface area contributed by atoms with Gasteiger partial charge in [-0.2, -0.15) is 0 Å². The molecule has 1 aliphatic rings. The van der Waals surface area contributed by atoms with E-state index < -0.39 is 6.09 Å². The first-order chi connectivity index (χ1) is 4.70. The molecule has 1 aliphatic heterocycles. The molecule has 4 heteroatoms. The minimum absolute atomic E-state index is 0. The van der Waals surface area contributed by atoms with E-state index in [-0.39, 0.29) is 58.2 Å². The molecule has 0 aromatic carbocycles. The van der Waals surface area contributed by atoms with Crippen molar-refractivity contribution in [2.24, 2.45) is 5.92 Å². The van der Waals surface area contributed by atoms with Crippen molar-refractivity contribution < 1.29 is 68.1 Å². The number of carboxylic acid groups (broad SMARTS) is 1. The van der Waals surface area contributed by atoms with E-state index in [1.165, 1.54) is 4.90 Å². The van der Waals surface area contributed by atoms with Gasteiger partial charge in [0.15, 0.2) is 0 Å². The maximum Gasteiger partial charge on any atom is 1.00 e. The van der Waals surface area contributed by atoms with Crippen molar-refractivity contribution in [3.05, 3.63) is 0 Å². The van der Waals surface area contributed by atoms with Crippen molar-refractivity contribution in [3.63, 3.8) is 0 Å². The quantitative estimate of drug-likeness (QED) is 0.445. The fourth-order valence-corrected chi connectivity index (χ4v) is 1.19. The van der Waals surface area contributed by atoms with Crippen molar-refractivity contribution in [2.75, 3.05) is 13.1 Å². The number of carbonyl (C=O) groups excluding carboxylic acids is 1. The van der Waals surface area contributed by atoms with E-state index in [1.807, 2.05) is 0 Å². The first-order valence-corrected chi connectivity index (χ1v) is 3.66. The molecule has 3 nitrogen and oxygen atoms in total. The smallest absolute Gasteiger partial charge is 0.530 e. The molecule has 0 radical (unpaired) electrons. The second-order valence-electron chi connectivity index (χ2n) is 2.94. The summed E-state index contributed by atoms with van der Waals surface area (Å²) in [4.78, 5) is 11.7. The van der Waals surface area contributed by atoms with Gasteiger partial charge in [0.05, 0.1) is 0 Å². The van der Waals surface area contributed by atoms with Crippen LogP contribution >= 0.6 is 0 Å². The van der Waals surface area contributed by atoms with Crippen LogP contribution in [0.25, 0.3) is 0 Å². The van der Waals surface area contributed by atoms with Crippen molar-refractivity contribution >= 4 is 6.09 Å². The Labute approximate surface area is 116 Å². The van der Waals surface area contributed by atoms with E-state index in [2.05, 4.69) is 6.92 Å². The first kappa shape index (κ1) is 12.1. The van der Waals surface area contributed by atoms with E-state index in [9.17, 15) is 9.90 Å². The third kappa shape index (κ3) is 4.01. The molecule has 1 rings (SSSR count). The molecule has 11 heavy (non-hydrogen) atoms. The zero-order valence-electron chi connectivity index (χ0n) is 7.17. The summed E-state index contributed by atoms with van der Waals surface area (Å²) >= 11 is 0. The van der Waals surface area contributed by atoms with Gasteiger partial charge in [0, 0.05) is 13.1 Å². The fourth-order valence-electron chi connectivity index (χ4n) is 1.19. The van der Waals surface area contributed by atoms with Crippen molar-refractivity contribution in [1.29, 1.82) is 0 Å². The third-order valence-corrected chi connectivity index (χ3v) is 2.04. The molecule has 0 aromatic heterocycles. The van der Waals surface area contributed by atoms with Gasteiger partial charge >= 0.3 is 58.2 Å². The molecule has 0 spiro atoms. The molecule has 0 unspecified atom stereocenters. The zero-order chi connectivity index (χ0) is 7.56. The summed E-state index contributed by atoms with van der Waals surface area (Å²) in [7, 11) is 0. The predicted octanol–water partition coefficient (Wildman–Crippen LogP) is -2.93. The van der Waals surface area contributed by atoms with Crippen LogP contribution in [0.2, 0.25) is 0 Å². The Hall–Kier alpha value is 1.08. The van der Waals surface area contributed by atoms with E-state index >= 15 is 0 Å². The molecule has 1 heterocycles. The maximum atomic E-state index is 10.3. The Kier molecular flexibility index (Phi) is 6.23. The number of nitrogens with zero attached hydrogens (tertiary/aromatic N) is 1. The molecule has 0 atom stereocenters. The molecule has 0 saturated carbocycles. The van der Waals surface area contributed by atoms with Crippen LogP contribution in [0.15, 0.2) is 0 Å². The van der Waals surface area contributed by atoms with Crippen LogP contribution in [0.1, 0.15) is 19.8 Å². The molecular weight excluding hydrogens is 216 g/mol. The van der Waals surface area contributed by atoms with E-state index in [0.29, 0.717) is 19.0 Å². The second kappa shape index (κ2) is 5.67. The maximum absolute atomic E-state index is 10.3. The normalized spacial score (nSPS) is 19.2. The summed E-state index contributed by atoms with van der Waals surface area (Å²) in [6.07, 6.45) is 0.939. The number of hydrogen-bond donors (Lipinski definition) is 0. The van der Waals surface area contributed by atoms with E-state index in [0.717, 1.165) is 12.8 Å². The molecule has 0 N–H and O–H groups in total. The first-order valence-electron chi connectivity index (χ1n) is 3.66. The molecule has 58 valence electrons. The van der Waals surface area contributed by atoms with Crippen LogP contribution in [0.4, 0.5) is 4.79 Å². The van der Waals surface area contributed by atoms with Gasteiger partial charge in [-0.05, 0) is 18.8 Å². The SMILES string of the molecule is CC1CCN(C(=O)[O-])CC1.[Rb+]. The third-order valence-electron chi connectivity index (χ3n) is 2.04. The average molecular weight is 228 g/mol. The largest absolute Gasteiger partial charge is 1.00 e. The molecular formula is C7H12NO2Rb. The second-order valence-corrected chi connectivity index (χ2v) is 2.94. The van der Waals surface area contributed by atoms with Crippen LogP contribution in [0.5, 0.6) is 0 Å². The van der Waals surface area contributed by atoms with Gasteiger partial charge in [-0.25, -0.2) is 0 Å². The number of likely N-dealkylation sites (tertiary alicyclic amines) is 1. The van der Waals surface area contributed by atoms with Crippen LogP contribution in [0, 0.1) is 5.92 Å². The molecule has 0 aliphatic carbocycles. The van der Waals surface area contributed by atoms with Gasteiger partial charge in [0.1, 0.15) is 6.09 Å². The van der Waals surface area contributed by atoms with E-state index in [4.69, 9.17) is 0 Å². The average Bonchev–Trinajstić information content (AvgIpc) is 1.88. The number of amides is 1. The van der Waals surface area contributed by atoms with Gasteiger partial charge in [-0.1, -0.05) is 6.92 Å². The molecule has 1 amide bonds.